The third-order valence-electron chi connectivity index (χ3n) is 8.62. The molecule has 5 atom stereocenters. The number of aromatic amines is 1. The molecule has 0 saturated heterocycles. The number of H-pyrrole nitrogens is 1. The quantitative estimate of drug-likeness (QED) is 0.135. The zero-order valence-corrected chi connectivity index (χ0v) is 27.0. The average Bonchev–Trinajstić information content (AvgIpc) is 3.55. The standard InChI is InChI=1S/C34H50N6O6/c1-4-25(22(2)3)16-30(41)27(15-23-11-7-5-8-12-23)38-32(43)28(17-26-19-36-21-37-26)39-33(44)29(18-31(35)42)40-34(45)46-20-24-13-9-6-10-14-24/h4,6,9-10,13-14,19,21-23,25,27-30,41H,1,5,7-8,11-12,15-18,20H2,2-3H3,(H2,35,42)(H,36,37)(H,38,43)(H,39,44)(H,40,45)/t25-,27-,28-,29-,30-/m0/s1. The van der Waals surface area contributed by atoms with E-state index in [9.17, 15) is 24.3 Å². The first-order valence-corrected chi connectivity index (χ1v) is 16.2. The molecule has 1 aromatic heterocycles. The number of nitrogens with two attached hydrogens (primary N) is 1. The molecule has 0 unspecified atom stereocenters. The van der Waals surface area contributed by atoms with Gasteiger partial charge in [-0.3, -0.25) is 14.4 Å². The van der Waals surface area contributed by atoms with E-state index >= 15 is 0 Å². The van der Waals surface area contributed by atoms with E-state index in [1.807, 2.05) is 12.1 Å². The average molecular weight is 639 g/mol. The molecule has 0 bridgehead atoms. The van der Waals surface area contributed by atoms with Crippen molar-refractivity contribution >= 4 is 23.8 Å². The van der Waals surface area contributed by atoms with Gasteiger partial charge in [-0.2, -0.15) is 0 Å². The van der Waals surface area contributed by atoms with Gasteiger partial charge in [-0.15, -0.1) is 6.58 Å². The SMILES string of the molecule is C=C[C@@H](C[C@H](O)[C@H](CC1CCCCC1)NC(=O)[C@H](Cc1cnc[nH]1)NC(=O)[C@H](CC(N)=O)NC(=O)OCc1ccccc1)C(C)C. The summed E-state index contributed by atoms with van der Waals surface area (Å²) in [4.78, 5) is 58.7. The molecule has 46 heavy (non-hydrogen) atoms. The Morgan fingerprint density at radius 1 is 1.07 bits per heavy atom. The van der Waals surface area contributed by atoms with Gasteiger partial charge < -0.3 is 36.5 Å². The van der Waals surface area contributed by atoms with Crippen molar-refractivity contribution in [3.63, 3.8) is 0 Å². The van der Waals surface area contributed by atoms with Crippen molar-refractivity contribution in [2.24, 2.45) is 23.5 Å². The molecule has 7 N–H and O–H groups in total. The smallest absolute Gasteiger partial charge is 0.408 e. The molecule has 4 amide bonds. The zero-order chi connectivity index (χ0) is 33.5. The van der Waals surface area contributed by atoms with Crippen molar-refractivity contribution in [3.05, 3.63) is 66.8 Å². The van der Waals surface area contributed by atoms with E-state index in [2.05, 4.69) is 46.3 Å². The third kappa shape index (κ3) is 12.3. The highest BCUT2D eigenvalue weighted by Crippen LogP contribution is 2.30. The number of hydrogen-bond donors (Lipinski definition) is 6. The lowest BCUT2D eigenvalue weighted by Gasteiger charge is -2.33. The number of ether oxygens (including phenoxy) is 1. The summed E-state index contributed by atoms with van der Waals surface area (Å²) in [6.07, 6.45) is 9.15. The number of rotatable bonds is 18. The van der Waals surface area contributed by atoms with Crippen LogP contribution in [0.25, 0.3) is 0 Å². The number of nitrogens with one attached hydrogen (secondary N) is 4. The van der Waals surface area contributed by atoms with E-state index in [0.29, 0.717) is 24.5 Å². The van der Waals surface area contributed by atoms with E-state index in [-0.39, 0.29) is 24.9 Å². The van der Waals surface area contributed by atoms with Gasteiger partial charge in [0.05, 0.1) is 24.9 Å². The van der Waals surface area contributed by atoms with Crippen LogP contribution in [-0.2, 0) is 32.1 Å². The minimum atomic E-state index is -1.39. The molecule has 12 nitrogen and oxygen atoms in total. The third-order valence-corrected chi connectivity index (χ3v) is 8.62. The molecule has 1 aromatic carbocycles. The van der Waals surface area contributed by atoms with Gasteiger partial charge in [0.2, 0.25) is 17.7 Å². The molecule has 0 spiro atoms. The number of aliphatic hydroxyl groups excluding tert-OH is 1. The Labute approximate surface area is 271 Å². The summed E-state index contributed by atoms with van der Waals surface area (Å²) in [5, 5.41) is 19.5. The summed E-state index contributed by atoms with van der Waals surface area (Å²) in [5.41, 5.74) is 6.71. The van der Waals surface area contributed by atoms with Crippen molar-refractivity contribution < 1.29 is 29.0 Å². The molecule has 12 heteroatoms. The van der Waals surface area contributed by atoms with Crippen LogP contribution in [0, 0.1) is 17.8 Å². The second-order valence-electron chi connectivity index (χ2n) is 12.6. The Bertz CT molecular complexity index is 1250. The Morgan fingerprint density at radius 3 is 2.37 bits per heavy atom. The van der Waals surface area contributed by atoms with Gasteiger partial charge in [-0.25, -0.2) is 9.78 Å². The summed E-state index contributed by atoms with van der Waals surface area (Å²) < 4.78 is 5.23. The normalized spacial score (nSPS) is 16.8. The van der Waals surface area contributed by atoms with Gasteiger partial charge in [0, 0.05) is 18.3 Å². The van der Waals surface area contributed by atoms with Gasteiger partial charge in [-0.1, -0.05) is 82.4 Å². The summed E-state index contributed by atoms with van der Waals surface area (Å²) >= 11 is 0. The van der Waals surface area contributed by atoms with Crippen LogP contribution in [0.4, 0.5) is 4.79 Å². The predicted octanol–water partition coefficient (Wildman–Crippen LogP) is 3.27. The Balaban J connectivity index is 1.76. The highest BCUT2D eigenvalue weighted by molar-refractivity contribution is 5.94. The van der Waals surface area contributed by atoms with E-state index in [0.717, 1.165) is 31.2 Å². The zero-order valence-electron chi connectivity index (χ0n) is 27.0. The number of hydrogen-bond acceptors (Lipinski definition) is 7. The molecule has 0 radical (unpaired) electrons. The number of benzene rings is 1. The van der Waals surface area contributed by atoms with Crippen LogP contribution >= 0.6 is 0 Å². The topological polar surface area (TPSA) is 189 Å². The largest absolute Gasteiger partial charge is 0.445 e. The number of primary amides is 1. The maximum atomic E-state index is 13.9. The number of allylic oxidation sites excluding steroid dienone is 1. The fraction of sp³-hybridized carbons (Fsp3) is 0.559. The fourth-order valence-corrected chi connectivity index (χ4v) is 5.88. The minimum Gasteiger partial charge on any atom is -0.445 e. The summed E-state index contributed by atoms with van der Waals surface area (Å²) in [5.74, 6) is -1.43. The monoisotopic (exact) mass is 638 g/mol. The first kappa shape index (κ1) is 36.3. The van der Waals surface area contributed by atoms with Crippen molar-refractivity contribution in [1.29, 1.82) is 0 Å². The summed E-state index contributed by atoms with van der Waals surface area (Å²) in [7, 11) is 0. The number of aliphatic hydroxyl groups is 1. The van der Waals surface area contributed by atoms with Crippen LogP contribution in [0.1, 0.15) is 76.5 Å². The number of amides is 4. The van der Waals surface area contributed by atoms with Crippen LogP contribution in [0.5, 0.6) is 0 Å². The Kier molecular flexibility index (Phi) is 14.7. The van der Waals surface area contributed by atoms with Crippen LogP contribution < -0.4 is 21.7 Å². The number of alkyl carbamates (subject to hydrolysis) is 1. The number of imidazole rings is 1. The molecular formula is C34H50N6O6. The van der Waals surface area contributed by atoms with Crippen LogP contribution in [0.2, 0.25) is 0 Å². The summed E-state index contributed by atoms with van der Waals surface area (Å²) in [6.45, 7) is 8.02. The minimum absolute atomic E-state index is 0.0450. The molecule has 1 aliphatic rings. The molecule has 3 rings (SSSR count). The van der Waals surface area contributed by atoms with Crippen LogP contribution in [0.15, 0.2) is 55.5 Å². The number of carbonyl (C=O) groups is 4. The lowest BCUT2D eigenvalue weighted by molar-refractivity contribution is -0.132. The molecular weight excluding hydrogens is 588 g/mol. The molecule has 252 valence electrons. The molecule has 1 aliphatic carbocycles. The highest BCUT2D eigenvalue weighted by atomic mass is 16.5. The second-order valence-corrected chi connectivity index (χ2v) is 12.6. The molecule has 0 aliphatic heterocycles. The molecule has 2 aromatic rings. The van der Waals surface area contributed by atoms with Crippen molar-refractivity contribution in [1.82, 2.24) is 25.9 Å². The first-order chi connectivity index (χ1) is 22.0. The summed E-state index contributed by atoms with van der Waals surface area (Å²) in [6, 6.07) is 5.92. The molecule has 1 saturated carbocycles. The fourth-order valence-electron chi connectivity index (χ4n) is 5.88. The van der Waals surface area contributed by atoms with Gasteiger partial charge >= 0.3 is 6.09 Å². The van der Waals surface area contributed by atoms with E-state index in [1.54, 1.807) is 24.3 Å². The number of carbonyl (C=O) groups excluding carboxylic acids is 4. The maximum Gasteiger partial charge on any atom is 0.408 e. The van der Waals surface area contributed by atoms with Crippen molar-refractivity contribution in [2.45, 2.75) is 102 Å². The Hall–Kier alpha value is -4.19. The van der Waals surface area contributed by atoms with Gasteiger partial charge in [0.15, 0.2) is 0 Å². The van der Waals surface area contributed by atoms with E-state index in [1.165, 1.54) is 18.9 Å². The van der Waals surface area contributed by atoms with Gasteiger partial charge in [0.25, 0.3) is 0 Å². The van der Waals surface area contributed by atoms with Crippen LogP contribution in [-0.4, -0.2) is 63.1 Å². The first-order valence-electron chi connectivity index (χ1n) is 16.2. The van der Waals surface area contributed by atoms with Crippen LogP contribution in [0.3, 0.4) is 0 Å². The number of aromatic nitrogens is 2. The lowest BCUT2D eigenvalue weighted by atomic mass is 9.81. The van der Waals surface area contributed by atoms with Gasteiger partial charge in [0.1, 0.15) is 18.7 Å². The van der Waals surface area contributed by atoms with E-state index in [4.69, 9.17) is 10.5 Å². The van der Waals surface area contributed by atoms with E-state index < -0.39 is 54.5 Å². The van der Waals surface area contributed by atoms with Gasteiger partial charge in [-0.05, 0) is 36.2 Å². The second kappa shape index (κ2) is 18.7. The van der Waals surface area contributed by atoms with Crippen molar-refractivity contribution in [2.75, 3.05) is 0 Å². The molecule has 1 heterocycles. The lowest BCUT2D eigenvalue weighted by Crippen LogP contribution is -2.57. The highest BCUT2D eigenvalue weighted by Gasteiger charge is 2.33. The maximum absolute atomic E-state index is 13.9. The van der Waals surface area contributed by atoms with Crippen molar-refractivity contribution in [3.8, 4) is 0 Å². The number of nitrogens with zero attached hydrogens (tertiary/aromatic N) is 1. The molecule has 1 fully saturated rings. The Morgan fingerprint density at radius 2 is 1.76 bits per heavy atom. The predicted molar refractivity (Wildman–Crippen MR) is 174 cm³/mol.